The number of hydrogen-bond acceptors (Lipinski definition) is 7. The van der Waals surface area contributed by atoms with Crippen LogP contribution in [0.25, 0.3) is 0 Å². The molecule has 0 atom stereocenters. The number of hydrogen-bond donors (Lipinski definition) is 2. The number of methoxy groups -OCH3 is 1. The van der Waals surface area contributed by atoms with Gasteiger partial charge in [0.2, 0.25) is 0 Å². The van der Waals surface area contributed by atoms with Gasteiger partial charge in [-0.15, -0.1) is 5.10 Å². The molecule has 2 N–H and O–H groups in total. The summed E-state index contributed by atoms with van der Waals surface area (Å²) in [6, 6.07) is 5.09. The Morgan fingerprint density at radius 3 is 2.95 bits per heavy atom. The maximum atomic E-state index is 11.6. The van der Waals surface area contributed by atoms with Crippen molar-refractivity contribution >= 4 is 35.0 Å². The Morgan fingerprint density at radius 1 is 1.45 bits per heavy atom. The van der Waals surface area contributed by atoms with Crippen molar-refractivity contribution in [2.75, 3.05) is 7.11 Å². The number of aromatic hydroxyl groups is 1. The fourth-order valence-electron chi connectivity index (χ4n) is 1.56. The molecule has 1 aromatic rings. The van der Waals surface area contributed by atoms with Gasteiger partial charge >= 0.3 is 5.97 Å². The maximum Gasteiger partial charge on any atom is 0.331 e. The molecule has 1 amide bonds. The van der Waals surface area contributed by atoms with Crippen LogP contribution < -0.4 is 5.32 Å². The number of nitrogens with zero attached hydrogens (tertiary/aromatic N) is 2. The minimum absolute atomic E-state index is 0.0870. The monoisotopic (exact) mass is 319 g/mol. The minimum Gasteiger partial charge on any atom is -0.507 e. The topological polar surface area (TPSA) is 100 Å². The molecule has 1 aliphatic rings. The van der Waals surface area contributed by atoms with Gasteiger partial charge in [0.1, 0.15) is 5.75 Å². The maximum absolute atomic E-state index is 11.6. The molecule has 7 nitrogen and oxygen atoms in total. The van der Waals surface area contributed by atoms with E-state index in [-0.39, 0.29) is 15.8 Å². The fourth-order valence-corrected chi connectivity index (χ4v) is 2.30. The Labute approximate surface area is 130 Å². The zero-order valence-corrected chi connectivity index (χ0v) is 12.7. The molecular weight excluding hydrogens is 306 g/mol. The van der Waals surface area contributed by atoms with E-state index in [2.05, 4.69) is 20.3 Å². The molecular formula is C14H13N3O4S. The van der Waals surface area contributed by atoms with Crippen LogP contribution >= 0.6 is 11.8 Å². The Kier molecular flexibility index (Phi) is 4.95. The zero-order chi connectivity index (χ0) is 16.1. The summed E-state index contributed by atoms with van der Waals surface area (Å²) < 4.78 is 4.45. The lowest BCUT2D eigenvalue weighted by atomic mass is 10.1. The number of phenolic OH excluding ortho intramolecular Hbond substituents is 1. The van der Waals surface area contributed by atoms with Crippen molar-refractivity contribution < 1.29 is 19.4 Å². The molecule has 1 aliphatic heterocycles. The molecule has 2 rings (SSSR count). The second-order valence-electron chi connectivity index (χ2n) is 4.30. The molecule has 114 valence electrons. The Morgan fingerprint density at radius 2 is 2.23 bits per heavy atom. The summed E-state index contributed by atoms with van der Waals surface area (Å²) in [6.45, 7) is 1.89. The lowest BCUT2D eigenvalue weighted by Gasteiger charge is -1.98. The number of aryl methyl sites for hydroxylation is 1. The first kappa shape index (κ1) is 15.8. The number of rotatable bonds is 3. The normalized spacial score (nSPS) is 18.2. The van der Waals surface area contributed by atoms with Crippen LogP contribution in [0.15, 0.2) is 39.4 Å². The molecule has 1 heterocycles. The molecule has 0 spiro atoms. The lowest BCUT2D eigenvalue weighted by Crippen LogP contribution is -2.19. The third-order valence-electron chi connectivity index (χ3n) is 2.63. The number of amidine groups is 1. The third-order valence-corrected chi connectivity index (χ3v) is 3.53. The second-order valence-corrected chi connectivity index (χ2v) is 5.33. The summed E-state index contributed by atoms with van der Waals surface area (Å²) in [7, 11) is 1.23. The van der Waals surface area contributed by atoms with Crippen molar-refractivity contribution in [1.82, 2.24) is 5.32 Å². The first-order chi connectivity index (χ1) is 10.5. The number of carbonyl (C=O) groups excluding carboxylic acids is 2. The van der Waals surface area contributed by atoms with E-state index in [1.54, 1.807) is 18.2 Å². The summed E-state index contributed by atoms with van der Waals surface area (Å²) in [5, 5.41) is 20.0. The van der Waals surface area contributed by atoms with Gasteiger partial charge in [0.15, 0.2) is 5.17 Å². The van der Waals surface area contributed by atoms with Crippen molar-refractivity contribution in [3.05, 3.63) is 40.3 Å². The van der Waals surface area contributed by atoms with E-state index in [1.807, 2.05) is 6.92 Å². The summed E-state index contributed by atoms with van der Waals surface area (Å²) in [5.41, 5.74) is 1.49. The molecule has 0 unspecified atom stereocenters. The third kappa shape index (κ3) is 3.95. The zero-order valence-electron chi connectivity index (χ0n) is 11.9. The molecule has 22 heavy (non-hydrogen) atoms. The highest BCUT2D eigenvalue weighted by molar-refractivity contribution is 8.18. The smallest absolute Gasteiger partial charge is 0.331 e. The molecule has 1 fully saturated rings. The SMILES string of the molecule is COC(=O)/C=C1/S/C(=N\N=Cc2cc(C)ccc2O)NC1=O. The van der Waals surface area contributed by atoms with Crippen LogP contribution in [0.5, 0.6) is 5.75 Å². The number of amides is 1. The highest BCUT2D eigenvalue weighted by Crippen LogP contribution is 2.23. The van der Waals surface area contributed by atoms with Gasteiger partial charge in [0.25, 0.3) is 5.91 Å². The molecule has 1 saturated heterocycles. The minimum atomic E-state index is -0.618. The summed E-state index contributed by atoms with van der Waals surface area (Å²) in [5.74, 6) is -0.973. The van der Waals surface area contributed by atoms with E-state index in [0.29, 0.717) is 5.56 Å². The van der Waals surface area contributed by atoms with Gasteiger partial charge in [-0.25, -0.2) is 4.79 Å². The van der Waals surface area contributed by atoms with Crippen molar-refractivity contribution in [3.63, 3.8) is 0 Å². The van der Waals surface area contributed by atoms with Gasteiger partial charge in [-0.1, -0.05) is 11.6 Å². The van der Waals surface area contributed by atoms with Gasteiger partial charge in [-0.3, -0.25) is 10.1 Å². The van der Waals surface area contributed by atoms with Crippen LogP contribution in [0, 0.1) is 6.92 Å². The number of benzene rings is 1. The van der Waals surface area contributed by atoms with Crippen molar-refractivity contribution in [3.8, 4) is 5.75 Å². The van der Waals surface area contributed by atoms with Crippen molar-refractivity contribution in [2.45, 2.75) is 6.92 Å². The van der Waals surface area contributed by atoms with E-state index in [9.17, 15) is 14.7 Å². The molecule has 0 radical (unpaired) electrons. The largest absolute Gasteiger partial charge is 0.507 e. The average Bonchev–Trinajstić information content (AvgIpc) is 2.82. The number of phenols is 1. The predicted octanol–water partition coefficient (Wildman–Crippen LogP) is 1.31. The Hall–Kier alpha value is -2.61. The highest BCUT2D eigenvalue weighted by atomic mass is 32.2. The summed E-state index contributed by atoms with van der Waals surface area (Å²) in [6.07, 6.45) is 2.46. The van der Waals surface area contributed by atoms with E-state index >= 15 is 0 Å². The first-order valence-corrected chi connectivity index (χ1v) is 7.00. The van der Waals surface area contributed by atoms with E-state index < -0.39 is 11.9 Å². The van der Waals surface area contributed by atoms with E-state index in [4.69, 9.17) is 0 Å². The first-order valence-electron chi connectivity index (χ1n) is 6.19. The number of ether oxygens (including phenoxy) is 1. The number of thioether (sulfide) groups is 1. The van der Waals surface area contributed by atoms with Crippen LogP contribution in [0.2, 0.25) is 0 Å². The fraction of sp³-hybridized carbons (Fsp3) is 0.143. The molecule has 0 saturated carbocycles. The highest BCUT2D eigenvalue weighted by Gasteiger charge is 2.24. The molecule has 0 aromatic heterocycles. The van der Waals surface area contributed by atoms with Gasteiger partial charge in [-0.05, 0) is 30.8 Å². The van der Waals surface area contributed by atoms with Crippen LogP contribution in [-0.2, 0) is 14.3 Å². The van der Waals surface area contributed by atoms with Gasteiger partial charge in [-0.2, -0.15) is 5.10 Å². The van der Waals surface area contributed by atoms with Crippen LogP contribution in [0.1, 0.15) is 11.1 Å². The summed E-state index contributed by atoms with van der Waals surface area (Å²) in [4.78, 5) is 22.9. The van der Waals surface area contributed by atoms with E-state index in [0.717, 1.165) is 23.4 Å². The number of carbonyl (C=O) groups is 2. The molecule has 0 aliphatic carbocycles. The molecule has 1 aromatic carbocycles. The number of nitrogens with one attached hydrogen (secondary N) is 1. The van der Waals surface area contributed by atoms with Gasteiger partial charge in [0.05, 0.1) is 18.2 Å². The molecule has 0 bridgehead atoms. The van der Waals surface area contributed by atoms with E-state index in [1.165, 1.54) is 13.3 Å². The van der Waals surface area contributed by atoms with Crippen LogP contribution in [0.3, 0.4) is 0 Å². The Balaban J connectivity index is 2.10. The molecule has 8 heteroatoms. The van der Waals surface area contributed by atoms with Gasteiger partial charge in [0, 0.05) is 11.6 Å². The van der Waals surface area contributed by atoms with Crippen LogP contribution in [0.4, 0.5) is 0 Å². The second kappa shape index (κ2) is 6.90. The van der Waals surface area contributed by atoms with Crippen molar-refractivity contribution in [1.29, 1.82) is 0 Å². The lowest BCUT2D eigenvalue weighted by molar-refractivity contribution is -0.135. The predicted molar refractivity (Wildman–Crippen MR) is 83.7 cm³/mol. The van der Waals surface area contributed by atoms with Crippen molar-refractivity contribution in [2.24, 2.45) is 10.2 Å². The Bertz CT molecular complexity index is 710. The van der Waals surface area contributed by atoms with Crippen LogP contribution in [-0.4, -0.2) is 35.5 Å². The standard InChI is InChI=1S/C14H13N3O4S/c1-8-3-4-10(18)9(5-8)7-15-17-14-16-13(20)11(22-14)6-12(19)21-2/h3-7,18H,1-2H3,(H,16,17,20)/b11-6+,15-7?. The van der Waals surface area contributed by atoms with Gasteiger partial charge < -0.3 is 9.84 Å². The average molecular weight is 319 g/mol. The summed E-state index contributed by atoms with van der Waals surface area (Å²) >= 11 is 0.978. The number of esters is 1. The quantitative estimate of drug-likeness (QED) is 0.379.